The number of benzene rings is 1. The molecule has 1 aliphatic heterocycles. The molecule has 0 unspecified atom stereocenters. The number of nitrogens with two attached hydrogens (primary N) is 2. The van der Waals surface area contributed by atoms with Gasteiger partial charge in [0.2, 0.25) is 0 Å². The van der Waals surface area contributed by atoms with Crippen LogP contribution in [-0.4, -0.2) is 30.2 Å². The van der Waals surface area contributed by atoms with Gasteiger partial charge >= 0.3 is 0 Å². The van der Waals surface area contributed by atoms with Crippen molar-refractivity contribution < 1.29 is 0 Å². The summed E-state index contributed by atoms with van der Waals surface area (Å²) in [5.41, 5.74) is 14.2. The maximum atomic E-state index is 9.09. The summed E-state index contributed by atoms with van der Waals surface area (Å²) in [4.78, 5) is 6.45. The number of para-hydroxylation sites is 1. The predicted molar refractivity (Wildman–Crippen MR) is 74.6 cm³/mol. The van der Waals surface area contributed by atoms with Gasteiger partial charge in [-0.25, -0.2) is 4.98 Å². The van der Waals surface area contributed by atoms with Crippen LogP contribution in [0.15, 0.2) is 30.3 Å². The van der Waals surface area contributed by atoms with Crippen molar-refractivity contribution in [2.75, 3.05) is 18.0 Å². The van der Waals surface area contributed by atoms with Crippen molar-refractivity contribution in [1.82, 2.24) is 4.98 Å². The molecule has 1 aromatic heterocycles. The number of hydrogen-bond acceptors (Lipinski definition) is 5. The molecule has 1 saturated heterocycles. The molecule has 1 fully saturated rings. The summed E-state index contributed by atoms with van der Waals surface area (Å²) in [5, 5.41) is 10.1. The van der Waals surface area contributed by atoms with E-state index in [0.29, 0.717) is 18.8 Å². The summed E-state index contributed by atoms with van der Waals surface area (Å²) in [6.45, 7) is 1.42. The van der Waals surface area contributed by atoms with Gasteiger partial charge in [0.05, 0.1) is 5.52 Å². The summed E-state index contributed by atoms with van der Waals surface area (Å²) in [7, 11) is 0. The Labute approximate surface area is 111 Å². The summed E-state index contributed by atoms with van der Waals surface area (Å²) in [6.07, 6.45) is 0. The summed E-state index contributed by atoms with van der Waals surface area (Å²) < 4.78 is 0. The third-order valence-corrected chi connectivity index (χ3v) is 3.56. The molecule has 0 spiro atoms. The third-order valence-electron chi connectivity index (χ3n) is 3.56. The van der Waals surface area contributed by atoms with E-state index in [9.17, 15) is 0 Å². The molecule has 0 bridgehead atoms. The molecule has 0 amide bonds. The Hall–Kier alpha value is -2.16. The van der Waals surface area contributed by atoms with Crippen molar-refractivity contribution in [2.24, 2.45) is 11.5 Å². The zero-order valence-electron chi connectivity index (χ0n) is 10.5. The molecular weight excluding hydrogens is 238 g/mol. The minimum atomic E-state index is -0.0301. The number of hydrogen-bond donors (Lipinski definition) is 2. The number of pyridine rings is 1. The third kappa shape index (κ3) is 2.01. The largest absolute Gasteiger partial charge is 0.368 e. The van der Waals surface area contributed by atoms with Gasteiger partial charge in [-0.1, -0.05) is 18.2 Å². The highest BCUT2D eigenvalue weighted by molar-refractivity contribution is 5.92. The highest BCUT2D eigenvalue weighted by atomic mass is 15.2. The van der Waals surface area contributed by atoms with E-state index in [1.54, 1.807) is 0 Å². The minimum absolute atomic E-state index is 0.0301. The molecule has 1 aromatic carbocycles. The molecule has 19 heavy (non-hydrogen) atoms. The molecule has 0 aliphatic carbocycles. The Bertz CT molecular complexity index is 650. The second-order valence-electron chi connectivity index (χ2n) is 4.89. The Morgan fingerprint density at radius 2 is 1.89 bits per heavy atom. The first-order valence-electron chi connectivity index (χ1n) is 6.25. The SMILES string of the molecule is N#Cc1cc(N2C[C@@H](N)[C@H](N)C2)c2ccccc2n1. The van der Waals surface area contributed by atoms with Gasteiger partial charge in [-0.15, -0.1) is 0 Å². The smallest absolute Gasteiger partial charge is 0.143 e. The molecule has 2 heterocycles. The van der Waals surface area contributed by atoms with Crippen LogP contribution in [0.1, 0.15) is 5.69 Å². The van der Waals surface area contributed by atoms with Crippen LogP contribution >= 0.6 is 0 Å². The van der Waals surface area contributed by atoms with Crippen molar-refractivity contribution >= 4 is 16.6 Å². The fourth-order valence-electron chi connectivity index (χ4n) is 2.53. The molecule has 0 radical (unpaired) electrons. The first kappa shape index (κ1) is 11.9. The van der Waals surface area contributed by atoms with E-state index in [1.807, 2.05) is 30.3 Å². The van der Waals surface area contributed by atoms with Crippen LogP contribution in [0.3, 0.4) is 0 Å². The lowest BCUT2D eigenvalue weighted by Crippen LogP contribution is -2.39. The van der Waals surface area contributed by atoms with E-state index in [-0.39, 0.29) is 12.1 Å². The summed E-state index contributed by atoms with van der Waals surface area (Å²) in [5.74, 6) is 0. The van der Waals surface area contributed by atoms with Crippen molar-refractivity contribution in [2.45, 2.75) is 12.1 Å². The molecule has 3 rings (SSSR count). The van der Waals surface area contributed by atoms with Gasteiger partial charge in [0.25, 0.3) is 0 Å². The number of fused-ring (bicyclic) bond motifs is 1. The van der Waals surface area contributed by atoms with E-state index >= 15 is 0 Å². The van der Waals surface area contributed by atoms with E-state index < -0.39 is 0 Å². The molecule has 5 heteroatoms. The normalized spacial score (nSPS) is 22.7. The monoisotopic (exact) mass is 253 g/mol. The highest BCUT2D eigenvalue weighted by Gasteiger charge is 2.28. The molecule has 4 N–H and O–H groups in total. The van der Waals surface area contributed by atoms with E-state index in [4.69, 9.17) is 16.7 Å². The first-order chi connectivity index (χ1) is 9.19. The zero-order valence-corrected chi connectivity index (χ0v) is 10.5. The van der Waals surface area contributed by atoms with Crippen LogP contribution < -0.4 is 16.4 Å². The van der Waals surface area contributed by atoms with Gasteiger partial charge in [-0.2, -0.15) is 5.26 Å². The van der Waals surface area contributed by atoms with Crippen molar-refractivity contribution in [3.63, 3.8) is 0 Å². The summed E-state index contributed by atoms with van der Waals surface area (Å²) >= 11 is 0. The Kier molecular flexibility index (Phi) is 2.82. The first-order valence-corrected chi connectivity index (χ1v) is 6.25. The molecular formula is C14H15N5. The van der Waals surface area contributed by atoms with E-state index in [2.05, 4.69) is 16.0 Å². The van der Waals surface area contributed by atoms with Gasteiger partial charge < -0.3 is 16.4 Å². The van der Waals surface area contributed by atoms with Crippen LogP contribution in [0.5, 0.6) is 0 Å². The average Bonchev–Trinajstić information content (AvgIpc) is 2.77. The molecule has 96 valence electrons. The minimum Gasteiger partial charge on any atom is -0.368 e. The molecule has 2 atom stereocenters. The lowest BCUT2D eigenvalue weighted by atomic mass is 10.1. The van der Waals surface area contributed by atoms with Crippen LogP contribution in [0, 0.1) is 11.3 Å². The molecule has 0 saturated carbocycles. The number of anilines is 1. The van der Waals surface area contributed by atoms with Crippen LogP contribution in [-0.2, 0) is 0 Å². The van der Waals surface area contributed by atoms with Crippen molar-refractivity contribution in [3.05, 3.63) is 36.0 Å². The van der Waals surface area contributed by atoms with Crippen molar-refractivity contribution in [1.29, 1.82) is 5.26 Å². The Morgan fingerprint density at radius 1 is 1.21 bits per heavy atom. The number of nitrogens with zero attached hydrogens (tertiary/aromatic N) is 3. The fourth-order valence-corrected chi connectivity index (χ4v) is 2.53. The topological polar surface area (TPSA) is 92.0 Å². The van der Waals surface area contributed by atoms with Gasteiger partial charge in [-0.05, 0) is 12.1 Å². The van der Waals surface area contributed by atoms with E-state index in [1.165, 1.54) is 0 Å². The van der Waals surface area contributed by atoms with Crippen LogP contribution in [0.4, 0.5) is 5.69 Å². The lowest BCUT2D eigenvalue weighted by Gasteiger charge is -2.20. The Balaban J connectivity index is 2.15. The highest BCUT2D eigenvalue weighted by Crippen LogP contribution is 2.28. The zero-order chi connectivity index (χ0) is 13.4. The van der Waals surface area contributed by atoms with E-state index in [0.717, 1.165) is 16.6 Å². The second-order valence-corrected chi connectivity index (χ2v) is 4.89. The number of rotatable bonds is 1. The van der Waals surface area contributed by atoms with Gasteiger partial charge in [0, 0.05) is 36.2 Å². The quantitative estimate of drug-likeness (QED) is 0.775. The predicted octanol–water partition coefficient (Wildman–Crippen LogP) is 0.581. The van der Waals surface area contributed by atoms with Crippen molar-refractivity contribution in [3.8, 4) is 6.07 Å². The molecule has 1 aliphatic rings. The molecule has 2 aromatic rings. The van der Waals surface area contributed by atoms with Gasteiger partial charge in [0.1, 0.15) is 11.8 Å². The maximum Gasteiger partial charge on any atom is 0.143 e. The summed E-state index contributed by atoms with van der Waals surface area (Å²) in [6, 6.07) is 11.7. The van der Waals surface area contributed by atoms with Gasteiger partial charge in [-0.3, -0.25) is 0 Å². The second kappa shape index (κ2) is 4.50. The molecule has 5 nitrogen and oxygen atoms in total. The lowest BCUT2D eigenvalue weighted by molar-refractivity contribution is 0.642. The number of nitriles is 1. The van der Waals surface area contributed by atoms with Crippen LogP contribution in [0.2, 0.25) is 0 Å². The van der Waals surface area contributed by atoms with Gasteiger partial charge in [0.15, 0.2) is 0 Å². The Morgan fingerprint density at radius 3 is 2.58 bits per heavy atom. The fraction of sp³-hybridized carbons (Fsp3) is 0.286. The maximum absolute atomic E-state index is 9.09. The number of aromatic nitrogens is 1. The standard InChI is InChI=1S/C14H15N5/c15-6-9-5-14(19-7-11(16)12(17)8-19)10-3-1-2-4-13(10)18-9/h1-5,11-12H,7-8,16-17H2/t11-,12-/m1/s1. The average molecular weight is 253 g/mol. The van der Waals surface area contributed by atoms with Crippen LogP contribution in [0.25, 0.3) is 10.9 Å².